The molecule has 138 valence electrons. The van der Waals surface area contributed by atoms with Crippen molar-refractivity contribution in [1.29, 1.82) is 0 Å². The third-order valence-corrected chi connectivity index (χ3v) is 4.43. The summed E-state index contributed by atoms with van der Waals surface area (Å²) >= 11 is 0. The first kappa shape index (κ1) is 18.1. The lowest BCUT2D eigenvalue weighted by Crippen LogP contribution is -2.36. The molecule has 7 nitrogen and oxygen atoms in total. The van der Waals surface area contributed by atoms with Gasteiger partial charge in [0.05, 0.1) is 12.1 Å². The average Bonchev–Trinajstić information content (AvgIpc) is 2.72. The molecule has 0 spiro atoms. The van der Waals surface area contributed by atoms with Crippen LogP contribution in [0.5, 0.6) is 5.88 Å². The number of nitrogen functional groups attached to an aromatic ring is 1. The molecule has 7 heteroatoms. The smallest absolute Gasteiger partial charge is 0.267 e. The molecular formula is C19H24N4O3. The lowest BCUT2D eigenvalue weighted by molar-refractivity contribution is -0.0140. The molecular weight excluding hydrogens is 332 g/mol. The van der Waals surface area contributed by atoms with E-state index in [1.54, 1.807) is 4.90 Å². The topological polar surface area (TPSA) is 90.6 Å². The Morgan fingerprint density at radius 3 is 2.65 bits per heavy atom. The van der Waals surface area contributed by atoms with Gasteiger partial charge in [-0.3, -0.25) is 4.79 Å². The van der Waals surface area contributed by atoms with Crippen LogP contribution in [0.4, 0.5) is 11.5 Å². The zero-order valence-corrected chi connectivity index (χ0v) is 15.5. The van der Waals surface area contributed by atoms with Gasteiger partial charge in [-0.25, -0.2) is 9.97 Å². The zero-order valence-electron chi connectivity index (χ0n) is 15.5. The van der Waals surface area contributed by atoms with Gasteiger partial charge in [-0.05, 0) is 45.4 Å². The van der Waals surface area contributed by atoms with Gasteiger partial charge in [0.15, 0.2) is 0 Å². The number of benzene rings is 1. The molecule has 1 aliphatic rings. The average molecular weight is 356 g/mol. The number of fused-ring (bicyclic) bond motifs is 1. The summed E-state index contributed by atoms with van der Waals surface area (Å²) in [6.07, 6.45) is 1.07. The number of nitrogens with zero attached hydrogens (tertiary/aromatic N) is 3. The summed E-state index contributed by atoms with van der Waals surface area (Å²) < 4.78 is 11.5. The highest BCUT2D eigenvalue weighted by Crippen LogP contribution is 2.31. The summed E-state index contributed by atoms with van der Waals surface area (Å²) in [6.45, 7) is 8.92. The lowest BCUT2D eigenvalue weighted by atomic mass is 9.97. The summed E-state index contributed by atoms with van der Waals surface area (Å²) in [5, 5.41) is 0. The van der Waals surface area contributed by atoms with Crippen molar-refractivity contribution in [2.45, 2.75) is 39.4 Å². The van der Waals surface area contributed by atoms with Crippen LogP contribution in [0.1, 0.15) is 43.6 Å². The number of amides is 1. The van der Waals surface area contributed by atoms with Crippen LogP contribution in [-0.2, 0) is 10.3 Å². The van der Waals surface area contributed by atoms with Gasteiger partial charge in [-0.2, -0.15) is 0 Å². The van der Waals surface area contributed by atoms with E-state index in [0.29, 0.717) is 13.2 Å². The minimum atomic E-state index is -0.392. The Morgan fingerprint density at radius 1 is 1.31 bits per heavy atom. The minimum Gasteiger partial charge on any atom is -0.472 e. The second kappa shape index (κ2) is 6.92. The van der Waals surface area contributed by atoms with Crippen molar-refractivity contribution in [2.24, 2.45) is 0 Å². The number of ether oxygens (including phenoxy) is 2. The van der Waals surface area contributed by atoms with Gasteiger partial charge in [0, 0.05) is 12.3 Å². The fourth-order valence-electron chi connectivity index (χ4n) is 3.08. The predicted molar refractivity (Wildman–Crippen MR) is 99.3 cm³/mol. The largest absolute Gasteiger partial charge is 0.472 e. The molecule has 2 aromatic rings. The molecule has 0 radical (unpaired) electrons. The van der Waals surface area contributed by atoms with E-state index in [1.165, 1.54) is 6.33 Å². The zero-order chi connectivity index (χ0) is 18.9. The number of rotatable bonds is 4. The Kier molecular flexibility index (Phi) is 4.82. The normalized spacial score (nSPS) is 17.5. The number of carbonyl (C=O) groups is 1. The highest BCUT2D eigenvalue weighted by Gasteiger charge is 2.31. The maximum absolute atomic E-state index is 13.0. The van der Waals surface area contributed by atoms with Gasteiger partial charge < -0.3 is 20.1 Å². The number of hydrogen-bond donors (Lipinski definition) is 1. The predicted octanol–water partition coefficient (Wildman–Crippen LogP) is 2.76. The fourth-order valence-corrected chi connectivity index (χ4v) is 3.08. The van der Waals surface area contributed by atoms with E-state index >= 15 is 0 Å². The highest BCUT2D eigenvalue weighted by molar-refractivity contribution is 6.10. The van der Waals surface area contributed by atoms with Crippen LogP contribution in [0, 0.1) is 0 Å². The quantitative estimate of drug-likeness (QED) is 0.906. The van der Waals surface area contributed by atoms with Crippen LogP contribution in [0.15, 0.2) is 30.6 Å². The number of nitrogens with two attached hydrogens (primary N) is 1. The first-order valence-corrected chi connectivity index (χ1v) is 8.67. The van der Waals surface area contributed by atoms with Gasteiger partial charge in [0.2, 0.25) is 5.88 Å². The van der Waals surface area contributed by atoms with E-state index in [2.05, 4.69) is 9.97 Å². The summed E-state index contributed by atoms with van der Waals surface area (Å²) in [6, 6.07) is 7.76. The molecule has 1 aromatic carbocycles. The van der Waals surface area contributed by atoms with Crippen molar-refractivity contribution >= 4 is 17.4 Å². The molecule has 0 unspecified atom stereocenters. The van der Waals surface area contributed by atoms with E-state index in [1.807, 2.05) is 52.0 Å². The number of aromatic nitrogens is 2. The van der Waals surface area contributed by atoms with Gasteiger partial charge >= 0.3 is 0 Å². The second-order valence-corrected chi connectivity index (χ2v) is 6.77. The Bertz CT molecular complexity index is 805. The fraction of sp³-hybridized carbons (Fsp3) is 0.421. The van der Waals surface area contributed by atoms with Crippen LogP contribution >= 0.6 is 0 Å². The monoisotopic (exact) mass is 356 g/mol. The number of hydrogen-bond acceptors (Lipinski definition) is 6. The molecule has 26 heavy (non-hydrogen) atoms. The molecule has 0 aliphatic carbocycles. The SMILES string of the molecule is CCOC(C)(C)c1ccc(N2C[C@@H](C)Oc3ncnc(N)c3C2=O)cc1. The molecule has 2 N–H and O–H groups in total. The third kappa shape index (κ3) is 3.35. The molecule has 1 atom stereocenters. The Morgan fingerprint density at radius 2 is 2.00 bits per heavy atom. The summed E-state index contributed by atoms with van der Waals surface area (Å²) in [5.41, 5.74) is 7.52. The van der Waals surface area contributed by atoms with Crippen LogP contribution in [-0.4, -0.2) is 35.1 Å². The Hall–Kier alpha value is -2.67. The molecule has 1 amide bonds. The molecule has 0 saturated heterocycles. The van der Waals surface area contributed by atoms with E-state index in [4.69, 9.17) is 15.2 Å². The van der Waals surface area contributed by atoms with Crippen molar-refractivity contribution in [3.63, 3.8) is 0 Å². The maximum Gasteiger partial charge on any atom is 0.267 e. The Balaban J connectivity index is 1.96. The van der Waals surface area contributed by atoms with Gasteiger partial charge in [-0.1, -0.05) is 12.1 Å². The first-order valence-electron chi connectivity index (χ1n) is 8.67. The third-order valence-electron chi connectivity index (χ3n) is 4.43. The van der Waals surface area contributed by atoms with Crippen LogP contribution in [0.25, 0.3) is 0 Å². The summed E-state index contributed by atoms with van der Waals surface area (Å²) in [7, 11) is 0. The van der Waals surface area contributed by atoms with E-state index in [9.17, 15) is 4.79 Å². The molecule has 1 aliphatic heterocycles. The molecule has 0 saturated carbocycles. The van der Waals surface area contributed by atoms with Crippen molar-refractivity contribution in [3.8, 4) is 5.88 Å². The van der Waals surface area contributed by atoms with Gasteiger partial charge in [0.1, 0.15) is 23.8 Å². The number of carbonyl (C=O) groups excluding carboxylic acids is 1. The summed E-state index contributed by atoms with van der Waals surface area (Å²) in [4.78, 5) is 22.7. The standard InChI is InChI=1S/C19H24N4O3/c1-5-25-19(3,4)13-6-8-14(9-7-13)23-10-12(2)26-17-15(18(23)24)16(20)21-11-22-17/h6-9,11-12H,5,10H2,1-4H3,(H2,20,21,22)/t12-/m1/s1. The van der Waals surface area contributed by atoms with Gasteiger partial charge in [-0.15, -0.1) is 0 Å². The van der Waals surface area contributed by atoms with Crippen molar-refractivity contribution in [3.05, 3.63) is 41.7 Å². The molecule has 1 aromatic heterocycles. The highest BCUT2D eigenvalue weighted by atomic mass is 16.5. The van der Waals surface area contributed by atoms with Crippen molar-refractivity contribution in [2.75, 3.05) is 23.8 Å². The van der Waals surface area contributed by atoms with Crippen molar-refractivity contribution < 1.29 is 14.3 Å². The van der Waals surface area contributed by atoms with E-state index in [0.717, 1.165) is 11.3 Å². The van der Waals surface area contributed by atoms with E-state index in [-0.39, 0.29) is 29.3 Å². The van der Waals surface area contributed by atoms with Crippen LogP contribution < -0.4 is 15.4 Å². The maximum atomic E-state index is 13.0. The Labute approximate surface area is 153 Å². The minimum absolute atomic E-state index is 0.119. The second-order valence-electron chi connectivity index (χ2n) is 6.77. The first-order chi connectivity index (χ1) is 12.3. The summed E-state index contributed by atoms with van der Waals surface area (Å²) in [5.74, 6) is 0.0825. The van der Waals surface area contributed by atoms with Gasteiger partial charge in [0.25, 0.3) is 5.91 Å². The number of anilines is 2. The molecule has 0 bridgehead atoms. The molecule has 0 fully saturated rings. The lowest BCUT2D eigenvalue weighted by Gasteiger charge is -2.27. The van der Waals surface area contributed by atoms with Crippen LogP contribution in [0.3, 0.4) is 0 Å². The van der Waals surface area contributed by atoms with Crippen molar-refractivity contribution in [1.82, 2.24) is 9.97 Å². The molecule has 2 heterocycles. The van der Waals surface area contributed by atoms with Crippen LogP contribution in [0.2, 0.25) is 0 Å². The molecule has 3 rings (SSSR count). The van der Waals surface area contributed by atoms with E-state index < -0.39 is 5.60 Å².